The molecule has 0 radical (unpaired) electrons. The minimum atomic E-state index is -1.51. The van der Waals surface area contributed by atoms with Crippen molar-refractivity contribution < 1.29 is 10.0 Å². The molecule has 1 aromatic rings. The second-order valence-corrected chi connectivity index (χ2v) is 10.4. The van der Waals surface area contributed by atoms with Crippen LogP contribution in [0.2, 0.25) is 19.6 Å². The smallest absolute Gasteiger partial charge is 0.289 e. The zero-order chi connectivity index (χ0) is 14.0. The minimum Gasteiger partial charge on any atom is -0.289 e. The molecule has 1 N–H and O–H groups in total. The highest BCUT2D eigenvalue weighted by molar-refractivity contribution is 6.83. The molecule has 2 amide bonds. The van der Waals surface area contributed by atoms with Crippen molar-refractivity contribution >= 4 is 19.8 Å². The van der Waals surface area contributed by atoms with Crippen molar-refractivity contribution in [3.05, 3.63) is 30.3 Å². The van der Waals surface area contributed by atoms with Crippen LogP contribution in [0.25, 0.3) is 0 Å². The summed E-state index contributed by atoms with van der Waals surface area (Å²) >= 11 is 0. The van der Waals surface area contributed by atoms with E-state index < -0.39 is 20.1 Å². The molecule has 4 nitrogen and oxygen atoms in total. The van der Waals surface area contributed by atoms with Crippen LogP contribution in [0.15, 0.2) is 30.3 Å². The molecule has 1 heterocycles. The normalized spacial score (nSPS) is 19.4. The summed E-state index contributed by atoms with van der Waals surface area (Å²) in [6.45, 7) is 6.80. The molecule has 19 heavy (non-hydrogen) atoms. The topological polar surface area (TPSA) is 43.8 Å². The Hall–Kier alpha value is -1.77. The number of anilines is 1. The van der Waals surface area contributed by atoms with Gasteiger partial charge >= 0.3 is 6.03 Å². The number of hydroxylamine groups is 2. The Morgan fingerprint density at radius 3 is 2.47 bits per heavy atom. The van der Waals surface area contributed by atoms with E-state index in [1.54, 1.807) is 4.90 Å². The molecule has 1 unspecified atom stereocenters. The second kappa shape index (κ2) is 5.08. The van der Waals surface area contributed by atoms with Gasteiger partial charge in [0.2, 0.25) is 0 Å². The number of amides is 2. The lowest BCUT2D eigenvalue weighted by atomic mass is 10.3. The van der Waals surface area contributed by atoms with Gasteiger partial charge in [-0.3, -0.25) is 10.1 Å². The Morgan fingerprint density at radius 1 is 1.26 bits per heavy atom. The number of benzene rings is 1. The van der Waals surface area contributed by atoms with Gasteiger partial charge in [0, 0.05) is 5.69 Å². The highest BCUT2D eigenvalue weighted by atomic mass is 28.3. The maximum absolute atomic E-state index is 12.0. The Kier molecular flexibility index (Phi) is 3.65. The number of carbonyl (C=O) groups excluding carboxylic acids is 1. The second-order valence-electron chi connectivity index (χ2n) is 5.61. The van der Waals surface area contributed by atoms with Crippen molar-refractivity contribution in [3.63, 3.8) is 0 Å². The summed E-state index contributed by atoms with van der Waals surface area (Å²) in [5.74, 6) is 3.03. The summed E-state index contributed by atoms with van der Waals surface area (Å²) in [4.78, 5) is 13.5. The zero-order valence-electron chi connectivity index (χ0n) is 11.4. The number of hydrogen-bond donors (Lipinski definition) is 1. The molecule has 5 heteroatoms. The number of carbonyl (C=O) groups is 1. The van der Waals surface area contributed by atoms with Crippen molar-refractivity contribution in [3.8, 4) is 11.5 Å². The van der Waals surface area contributed by atoms with Crippen molar-refractivity contribution in [2.24, 2.45) is 0 Å². The van der Waals surface area contributed by atoms with Crippen molar-refractivity contribution in [2.45, 2.75) is 25.7 Å². The maximum atomic E-state index is 12.0. The SMILES string of the molecule is C[Si](C)(C)C#CC1CN(c2ccccc2)C(=O)N1O. The van der Waals surface area contributed by atoms with Gasteiger partial charge in [0.25, 0.3) is 0 Å². The van der Waals surface area contributed by atoms with E-state index in [1.165, 1.54) is 0 Å². The van der Waals surface area contributed by atoms with Crippen LogP contribution in [-0.2, 0) is 0 Å². The van der Waals surface area contributed by atoms with E-state index in [-0.39, 0.29) is 0 Å². The molecule has 1 saturated heterocycles. The highest BCUT2D eigenvalue weighted by Gasteiger charge is 2.36. The molecule has 0 aliphatic carbocycles. The third kappa shape index (κ3) is 3.16. The summed E-state index contributed by atoms with van der Waals surface area (Å²) in [6.07, 6.45) is 0. The fraction of sp³-hybridized carbons (Fsp3) is 0.357. The van der Waals surface area contributed by atoms with E-state index in [2.05, 4.69) is 31.1 Å². The van der Waals surface area contributed by atoms with Gasteiger partial charge in [-0.05, 0) is 12.1 Å². The first-order valence-corrected chi connectivity index (χ1v) is 9.76. The number of nitrogens with zero attached hydrogens (tertiary/aromatic N) is 2. The summed E-state index contributed by atoms with van der Waals surface area (Å²) < 4.78 is 0. The van der Waals surface area contributed by atoms with Gasteiger partial charge in [-0.1, -0.05) is 43.8 Å². The predicted molar refractivity (Wildman–Crippen MR) is 77.7 cm³/mol. The van der Waals surface area contributed by atoms with E-state index in [9.17, 15) is 10.0 Å². The Balaban J connectivity index is 2.19. The van der Waals surface area contributed by atoms with Crippen LogP contribution in [-0.4, -0.2) is 37.0 Å². The Bertz CT molecular complexity index is 528. The van der Waals surface area contributed by atoms with Crippen molar-refractivity contribution in [2.75, 3.05) is 11.4 Å². The van der Waals surface area contributed by atoms with Crippen LogP contribution in [0, 0.1) is 11.5 Å². The van der Waals surface area contributed by atoms with E-state index in [4.69, 9.17) is 0 Å². The van der Waals surface area contributed by atoms with Gasteiger partial charge in [0.15, 0.2) is 0 Å². The number of rotatable bonds is 1. The Morgan fingerprint density at radius 2 is 1.89 bits per heavy atom. The third-order valence-corrected chi connectivity index (χ3v) is 3.65. The molecular formula is C14H18N2O2Si. The standard InChI is InChI=1S/C14H18N2O2Si/c1-19(2,3)10-9-13-11-15(14(17)16(13)18)12-7-5-4-6-8-12/h4-8,13,18H,11H2,1-3H3. The first-order valence-electron chi connectivity index (χ1n) is 6.26. The Labute approximate surface area is 114 Å². The van der Waals surface area contributed by atoms with Gasteiger partial charge in [0.1, 0.15) is 14.1 Å². The lowest BCUT2D eigenvalue weighted by molar-refractivity contribution is -0.0413. The average Bonchev–Trinajstić information content (AvgIpc) is 2.64. The van der Waals surface area contributed by atoms with Crippen molar-refractivity contribution in [1.82, 2.24) is 5.06 Å². The summed E-state index contributed by atoms with van der Waals surface area (Å²) in [5.41, 5.74) is 3.98. The molecule has 0 saturated carbocycles. The monoisotopic (exact) mass is 274 g/mol. The van der Waals surface area contributed by atoms with Gasteiger partial charge in [0.05, 0.1) is 6.54 Å². The van der Waals surface area contributed by atoms with Crippen LogP contribution in [0.3, 0.4) is 0 Å². The molecule has 1 aliphatic heterocycles. The lowest BCUT2D eigenvalue weighted by Gasteiger charge is -2.14. The highest BCUT2D eigenvalue weighted by Crippen LogP contribution is 2.22. The van der Waals surface area contributed by atoms with Gasteiger partial charge in [-0.2, -0.15) is 5.06 Å². The molecule has 2 rings (SSSR count). The van der Waals surface area contributed by atoms with Crippen LogP contribution >= 0.6 is 0 Å². The lowest BCUT2D eigenvalue weighted by Crippen LogP contribution is -2.31. The largest absolute Gasteiger partial charge is 0.349 e. The van der Waals surface area contributed by atoms with Crippen LogP contribution < -0.4 is 4.90 Å². The quantitative estimate of drug-likeness (QED) is 0.486. The average molecular weight is 274 g/mol. The fourth-order valence-corrected chi connectivity index (χ4v) is 2.42. The molecule has 1 fully saturated rings. The van der Waals surface area contributed by atoms with E-state index in [1.807, 2.05) is 30.3 Å². The fourth-order valence-electron chi connectivity index (χ4n) is 1.82. The number of urea groups is 1. The van der Waals surface area contributed by atoms with Gasteiger partial charge < -0.3 is 0 Å². The first-order chi connectivity index (χ1) is 8.88. The van der Waals surface area contributed by atoms with Gasteiger partial charge in [-0.25, -0.2) is 4.79 Å². The van der Waals surface area contributed by atoms with E-state index in [0.717, 1.165) is 10.8 Å². The summed E-state index contributed by atoms with van der Waals surface area (Å²) in [6, 6.07) is 8.46. The van der Waals surface area contributed by atoms with Crippen LogP contribution in [0.4, 0.5) is 10.5 Å². The third-order valence-electron chi connectivity index (χ3n) is 2.76. The van der Waals surface area contributed by atoms with Crippen LogP contribution in [0.1, 0.15) is 0 Å². The van der Waals surface area contributed by atoms with E-state index >= 15 is 0 Å². The number of para-hydroxylation sites is 1. The summed E-state index contributed by atoms with van der Waals surface area (Å²) in [5, 5.41) is 10.6. The molecule has 1 aliphatic rings. The van der Waals surface area contributed by atoms with Crippen molar-refractivity contribution in [1.29, 1.82) is 0 Å². The molecule has 0 spiro atoms. The number of hydrogen-bond acceptors (Lipinski definition) is 2. The molecule has 1 atom stereocenters. The molecule has 0 bridgehead atoms. The first kappa shape index (κ1) is 13.7. The van der Waals surface area contributed by atoms with Crippen LogP contribution in [0.5, 0.6) is 0 Å². The zero-order valence-corrected chi connectivity index (χ0v) is 12.4. The van der Waals surface area contributed by atoms with E-state index in [0.29, 0.717) is 6.54 Å². The van der Waals surface area contributed by atoms with Gasteiger partial charge in [-0.15, -0.1) is 5.54 Å². The molecule has 100 valence electrons. The predicted octanol–water partition coefficient (Wildman–Crippen LogP) is 2.57. The minimum absolute atomic E-state index is 0.400. The summed E-state index contributed by atoms with van der Waals surface area (Å²) in [7, 11) is -1.51. The molecule has 1 aromatic carbocycles. The maximum Gasteiger partial charge on any atom is 0.349 e. The molecular weight excluding hydrogens is 256 g/mol. The molecule has 0 aromatic heterocycles.